The summed E-state index contributed by atoms with van der Waals surface area (Å²) in [6.07, 6.45) is 6.33. The number of Topliss-reactive ketones (excluding diaryl/α,β-unsaturated/α-hetero) is 1. The van der Waals surface area contributed by atoms with Crippen molar-refractivity contribution in [3.8, 4) is 32.9 Å². The average Bonchev–Trinajstić information content (AvgIpc) is 1.58. The van der Waals surface area contributed by atoms with Crippen LogP contribution >= 0.6 is 22.7 Å². The second-order valence-corrected chi connectivity index (χ2v) is 28.6. The van der Waals surface area contributed by atoms with Gasteiger partial charge in [-0.25, -0.2) is 24.5 Å². The fraction of sp³-hybridized carbons (Fsp3) is 0.338. The lowest BCUT2D eigenvalue weighted by Crippen LogP contribution is -2.29. The zero-order valence-corrected chi connectivity index (χ0v) is 58.1. The summed E-state index contributed by atoms with van der Waals surface area (Å²) in [7, 11) is 3.95. The van der Waals surface area contributed by atoms with Gasteiger partial charge in [-0.1, -0.05) is 109 Å². The summed E-state index contributed by atoms with van der Waals surface area (Å²) in [5.74, 6) is 0.0272. The zero-order chi connectivity index (χ0) is 69.7. The molecule has 0 radical (unpaired) electrons. The number of benzene rings is 4. The maximum atomic E-state index is 12.7. The van der Waals surface area contributed by atoms with Crippen molar-refractivity contribution in [1.82, 2.24) is 25.3 Å². The van der Waals surface area contributed by atoms with Crippen LogP contribution in [0.4, 0.5) is 27.8 Å². The van der Waals surface area contributed by atoms with Gasteiger partial charge in [0.25, 0.3) is 5.70 Å². The Hall–Kier alpha value is -9.97. The average molecular weight is 1330 g/mol. The highest BCUT2D eigenvalue weighted by Gasteiger charge is 2.39. The van der Waals surface area contributed by atoms with Crippen molar-refractivity contribution in [3.63, 3.8) is 0 Å². The normalized spacial score (nSPS) is 13.1. The van der Waals surface area contributed by atoms with Crippen LogP contribution in [0, 0.1) is 18.6 Å². The summed E-state index contributed by atoms with van der Waals surface area (Å²) in [6.45, 7) is 38.2. The number of anilines is 4. The van der Waals surface area contributed by atoms with Crippen LogP contribution < -0.4 is 41.8 Å². The van der Waals surface area contributed by atoms with E-state index in [1.165, 1.54) is 43.1 Å². The molecule has 4 heterocycles. The van der Waals surface area contributed by atoms with Crippen LogP contribution in [0.3, 0.4) is 0 Å². The zero-order valence-electron chi connectivity index (χ0n) is 56.5. The Morgan fingerprint density at radius 1 is 0.635 bits per heavy atom. The highest BCUT2D eigenvalue weighted by molar-refractivity contribution is 7.17. The molecule has 0 bridgehead atoms. The molecule has 2 aliphatic carbocycles. The van der Waals surface area contributed by atoms with E-state index in [9.17, 15) is 19.5 Å². The molecular weight excluding hydrogens is 1250 g/mol. The number of nitrogens with two attached hydrogens (primary N) is 3. The number of nitrogens with one attached hydrogen (secondary N) is 1. The Morgan fingerprint density at radius 3 is 1.53 bits per heavy atom. The molecule has 0 aliphatic heterocycles. The number of nitrogen functional groups attached to an aromatic ring is 2. The second-order valence-electron chi connectivity index (χ2n) is 26.4. The topological polar surface area (TPSA) is 265 Å². The molecule has 96 heavy (non-hydrogen) atoms. The van der Waals surface area contributed by atoms with E-state index in [1.807, 2.05) is 88.3 Å². The molecule has 2 aliphatic rings. The molecule has 10 rings (SSSR count). The van der Waals surface area contributed by atoms with Crippen LogP contribution in [0.25, 0.3) is 42.7 Å². The monoisotopic (exact) mass is 1330 g/mol. The number of nitrogens with zero attached hydrogens (tertiary/aromatic N) is 8. The molecule has 4 aromatic carbocycles. The molecule has 8 aromatic rings. The Morgan fingerprint density at radius 2 is 1.09 bits per heavy atom. The number of ketones is 1. The highest BCUT2D eigenvalue weighted by Crippen LogP contribution is 2.55. The number of aliphatic hydroxyl groups is 1. The number of likely N-dealkylation sites (N-methyl/N-ethyl adjacent to an activating group) is 2. The lowest BCUT2D eigenvalue weighted by molar-refractivity contribution is -0.149. The molecule has 20 nitrogen and oxygen atoms in total. The van der Waals surface area contributed by atoms with Crippen LogP contribution in [0.5, 0.6) is 12.0 Å². The van der Waals surface area contributed by atoms with Gasteiger partial charge in [0.1, 0.15) is 37.1 Å². The summed E-state index contributed by atoms with van der Waals surface area (Å²) in [5.41, 5.74) is 28.9. The molecule has 4 aromatic heterocycles. The first-order chi connectivity index (χ1) is 45.5. The van der Waals surface area contributed by atoms with Crippen molar-refractivity contribution in [3.05, 3.63) is 210 Å². The minimum Gasteiger partial charge on any atom is -0.465 e. The summed E-state index contributed by atoms with van der Waals surface area (Å²) >= 11 is 3.21. The van der Waals surface area contributed by atoms with Crippen LogP contribution in [-0.2, 0) is 56.2 Å². The first kappa shape index (κ1) is 71.9. The smallest absolute Gasteiger partial charge is 0.407 e. The number of fused-ring (bicyclic) bond motifs is 6. The largest absolute Gasteiger partial charge is 0.465 e. The van der Waals surface area contributed by atoms with Gasteiger partial charge in [-0.05, 0) is 143 Å². The van der Waals surface area contributed by atoms with Gasteiger partial charge in [-0.2, -0.15) is 9.97 Å². The maximum Gasteiger partial charge on any atom is 0.407 e. The summed E-state index contributed by atoms with van der Waals surface area (Å²) in [4.78, 5) is 68.6. The molecule has 0 unspecified atom stereocenters. The number of rotatable bonds is 21. The van der Waals surface area contributed by atoms with Gasteiger partial charge in [0, 0.05) is 94.3 Å². The number of hydrogen-bond acceptors (Lipinski definition) is 19. The molecule has 22 heteroatoms. The molecule has 0 spiro atoms. The van der Waals surface area contributed by atoms with E-state index < -0.39 is 17.7 Å². The van der Waals surface area contributed by atoms with Crippen molar-refractivity contribution >= 4 is 75.7 Å². The number of carbonyl (C=O) groups is 3. The Bertz CT molecular complexity index is 4240. The van der Waals surface area contributed by atoms with Gasteiger partial charge in [-0.3, -0.25) is 4.79 Å². The van der Waals surface area contributed by atoms with Gasteiger partial charge in [0.05, 0.1) is 26.3 Å². The van der Waals surface area contributed by atoms with Crippen LogP contribution in [0.1, 0.15) is 130 Å². The maximum absolute atomic E-state index is 12.7. The molecule has 500 valence electrons. The molecular formula is C74H84N12O8S2. The number of esters is 1. The fourth-order valence-electron chi connectivity index (χ4n) is 10.6. The first-order valence-corrected chi connectivity index (χ1v) is 32.9. The van der Waals surface area contributed by atoms with E-state index in [0.717, 1.165) is 43.4 Å². The quantitative estimate of drug-likeness (QED) is 0.0254. The minimum absolute atomic E-state index is 0.0103. The van der Waals surface area contributed by atoms with Gasteiger partial charge in [0.15, 0.2) is 5.78 Å². The molecule has 1 amide bonds. The Labute approximate surface area is 570 Å². The van der Waals surface area contributed by atoms with Crippen molar-refractivity contribution in [1.29, 1.82) is 0 Å². The van der Waals surface area contributed by atoms with E-state index in [-0.39, 0.29) is 58.7 Å². The van der Waals surface area contributed by atoms with Crippen molar-refractivity contribution in [2.45, 2.75) is 118 Å². The Kier molecular flexibility index (Phi) is 23.3. The number of ether oxygens (including phenoxy) is 4. The standard InChI is InChI=1S/C38H42N6O4S.C24H28N2O3S.C12H14N4O/c1-37(2,3)21-32(45)31(40-6)20-27-19-30-34(49-27)28-13-12-26(18-29(28)38(30,4)5)44(7)16-17-47-36(46)42-22-24-8-10-25(11-9-24)23-48-35-41-15-14-33(39)43-35;1-23(2,3)29-22(28)20(25-6)14-16-13-19-21(30-16)17-9-8-15(26(7)10-11-27)12-18(17)24(19,4)5;13-7-9-1-3-10(4-2-9)8-17-12-15-6-5-11(14)16-12/h8-15,18-20H,16-17,21-23H2,1-5,7H3,(H,42,46)(H2,39,41,43);8-9,12-14,27H,10-11H2,1-5,7H3;1-6H,7-8,13H2,(H2,14,15,16)/b31-20-;20-14-;. The summed E-state index contributed by atoms with van der Waals surface area (Å²) < 4.78 is 21.8. The van der Waals surface area contributed by atoms with Crippen molar-refractivity contribution in [2.24, 2.45) is 11.1 Å². The van der Waals surface area contributed by atoms with E-state index in [4.69, 9.17) is 49.3 Å². The van der Waals surface area contributed by atoms with Gasteiger partial charge < -0.3 is 61.2 Å². The van der Waals surface area contributed by atoms with E-state index in [0.29, 0.717) is 57.4 Å². The van der Waals surface area contributed by atoms with Crippen LogP contribution in [-0.4, -0.2) is 88.9 Å². The number of hydrogen-bond donors (Lipinski definition) is 5. The van der Waals surface area contributed by atoms with E-state index >= 15 is 0 Å². The summed E-state index contributed by atoms with van der Waals surface area (Å²) in [6, 6.07) is 36.2. The van der Waals surface area contributed by atoms with E-state index in [2.05, 4.69) is 116 Å². The first-order valence-electron chi connectivity index (χ1n) is 31.2. The van der Waals surface area contributed by atoms with Crippen molar-refractivity contribution < 1.29 is 38.4 Å². The van der Waals surface area contributed by atoms with Gasteiger partial charge in [0.2, 0.25) is 5.70 Å². The van der Waals surface area contributed by atoms with Crippen LogP contribution in [0.15, 0.2) is 133 Å². The molecule has 0 atom stereocenters. The number of allylic oxidation sites excluding steroid dienone is 1. The SMILES string of the molecule is NCc1ccc(COc2nccc(N)n2)cc1.[C-]#[N+]/C(=C\c1cc2c(s1)-c1ccc(N(C)CCO)cc1C2(C)C)C(=O)OC(C)(C)C.[C-]#[N+]/C(=C\c1cc2c(s1)-c1ccc(N(C)CCOC(=O)NCc3ccc(COc4nccc(N)n4)cc3)cc1C2(C)C)C(=O)CC(C)(C)C. The van der Waals surface area contributed by atoms with E-state index in [1.54, 1.807) is 80.1 Å². The predicted octanol–water partition coefficient (Wildman–Crippen LogP) is 13.8. The van der Waals surface area contributed by atoms with Crippen molar-refractivity contribution in [2.75, 3.05) is 61.7 Å². The number of thiophene rings is 2. The number of alkyl carbamates (subject to hydrolysis) is 1. The third kappa shape index (κ3) is 18.7. The number of amides is 1. The number of aromatic nitrogens is 4. The molecule has 0 saturated heterocycles. The third-order valence-electron chi connectivity index (χ3n) is 15.8. The summed E-state index contributed by atoms with van der Waals surface area (Å²) in [5, 5.41) is 12.0. The predicted molar refractivity (Wildman–Crippen MR) is 382 cm³/mol. The van der Waals surface area contributed by atoms with Gasteiger partial charge in [-0.15, -0.1) is 22.7 Å². The second kappa shape index (κ2) is 31.1. The molecule has 8 N–H and O–H groups in total. The minimum atomic E-state index is -0.639. The molecule has 0 saturated carbocycles. The fourth-order valence-corrected chi connectivity index (χ4v) is 13.2. The lowest BCUT2D eigenvalue weighted by Gasteiger charge is -2.24. The highest BCUT2D eigenvalue weighted by atomic mass is 32.1. The van der Waals surface area contributed by atoms with Crippen LogP contribution in [0.2, 0.25) is 0 Å². The van der Waals surface area contributed by atoms with Gasteiger partial charge >= 0.3 is 24.1 Å². The Balaban J connectivity index is 0.000000211. The third-order valence-corrected chi connectivity index (χ3v) is 18.0. The number of aliphatic hydroxyl groups excluding tert-OH is 1. The molecule has 0 fully saturated rings. The number of carbonyl (C=O) groups excluding carboxylic acids is 3. The lowest BCUT2D eigenvalue weighted by atomic mass is 9.82.